The lowest BCUT2D eigenvalue weighted by molar-refractivity contribution is 0.0122. The third kappa shape index (κ3) is 7.46. The van der Waals surface area contributed by atoms with E-state index in [-0.39, 0.29) is 11.6 Å². The summed E-state index contributed by atoms with van der Waals surface area (Å²) >= 11 is 0. The van der Waals surface area contributed by atoms with E-state index in [0.29, 0.717) is 0 Å². The van der Waals surface area contributed by atoms with Gasteiger partial charge in [0.25, 0.3) is 0 Å². The first-order valence-corrected chi connectivity index (χ1v) is 5.98. The summed E-state index contributed by atoms with van der Waals surface area (Å²) in [7, 11) is 0. The SMILES string of the molecule is CC/C(C=NC(CC)OCC(C)(C)C)=C/N. The fourth-order valence-electron chi connectivity index (χ4n) is 1.04. The largest absolute Gasteiger partial charge is 0.404 e. The van der Waals surface area contributed by atoms with Crippen LogP contribution in [-0.4, -0.2) is 19.0 Å². The Labute approximate surface area is 99.8 Å². The minimum absolute atomic E-state index is 0.0549. The lowest BCUT2D eigenvalue weighted by Gasteiger charge is -2.21. The number of aliphatic imine (C=N–C) groups is 1. The lowest BCUT2D eigenvalue weighted by atomic mass is 9.99. The Bertz CT molecular complexity index is 239. The van der Waals surface area contributed by atoms with Gasteiger partial charge in [-0.2, -0.15) is 0 Å². The number of allylic oxidation sites excluding steroid dienone is 1. The molecule has 0 aromatic rings. The van der Waals surface area contributed by atoms with Gasteiger partial charge in [0.1, 0.15) is 6.23 Å². The van der Waals surface area contributed by atoms with E-state index in [1.54, 1.807) is 6.20 Å². The van der Waals surface area contributed by atoms with Gasteiger partial charge in [-0.25, -0.2) is 0 Å². The first-order chi connectivity index (χ1) is 7.42. The van der Waals surface area contributed by atoms with Crippen molar-refractivity contribution in [3.8, 4) is 0 Å². The van der Waals surface area contributed by atoms with Crippen LogP contribution in [0.25, 0.3) is 0 Å². The second-order valence-corrected chi connectivity index (χ2v) is 5.11. The second-order valence-electron chi connectivity index (χ2n) is 5.11. The molecule has 0 saturated carbocycles. The summed E-state index contributed by atoms with van der Waals surface area (Å²) in [5.74, 6) is 0. The van der Waals surface area contributed by atoms with Gasteiger partial charge in [0.15, 0.2) is 0 Å². The van der Waals surface area contributed by atoms with Crippen LogP contribution in [0.15, 0.2) is 16.8 Å². The van der Waals surface area contributed by atoms with Gasteiger partial charge in [0.05, 0.1) is 6.61 Å². The van der Waals surface area contributed by atoms with E-state index in [0.717, 1.165) is 25.0 Å². The minimum Gasteiger partial charge on any atom is -0.404 e. The second kappa shape index (κ2) is 7.44. The number of hydrogen-bond donors (Lipinski definition) is 1. The molecule has 94 valence electrons. The molecule has 2 N–H and O–H groups in total. The van der Waals surface area contributed by atoms with E-state index >= 15 is 0 Å². The van der Waals surface area contributed by atoms with Crippen LogP contribution < -0.4 is 5.73 Å². The zero-order valence-electron chi connectivity index (χ0n) is 11.3. The summed E-state index contributed by atoms with van der Waals surface area (Å²) in [4.78, 5) is 4.39. The van der Waals surface area contributed by atoms with E-state index < -0.39 is 0 Å². The molecule has 0 aromatic heterocycles. The number of rotatable bonds is 6. The summed E-state index contributed by atoms with van der Waals surface area (Å²) < 4.78 is 5.73. The van der Waals surface area contributed by atoms with Crippen LogP contribution in [-0.2, 0) is 4.74 Å². The molecular weight excluding hydrogens is 200 g/mol. The van der Waals surface area contributed by atoms with Gasteiger partial charge in [-0.15, -0.1) is 0 Å². The molecule has 0 heterocycles. The monoisotopic (exact) mass is 226 g/mol. The van der Waals surface area contributed by atoms with Gasteiger partial charge in [0.2, 0.25) is 0 Å². The third-order valence-electron chi connectivity index (χ3n) is 2.09. The summed E-state index contributed by atoms with van der Waals surface area (Å²) in [6.07, 6.45) is 5.14. The maximum Gasteiger partial charge on any atom is 0.148 e. The zero-order valence-corrected chi connectivity index (χ0v) is 11.3. The molecule has 3 heteroatoms. The Hall–Kier alpha value is -0.830. The first-order valence-electron chi connectivity index (χ1n) is 5.98. The van der Waals surface area contributed by atoms with Crippen molar-refractivity contribution in [2.45, 2.75) is 53.7 Å². The first kappa shape index (κ1) is 15.2. The van der Waals surface area contributed by atoms with Crippen LogP contribution in [0.2, 0.25) is 0 Å². The molecule has 1 unspecified atom stereocenters. The smallest absolute Gasteiger partial charge is 0.148 e. The molecule has 0 saturated heterocycles. The Kier molecular flexibility index (Phi) is 7.06. The molecule has 0 aliphatic heterocycles. The van der Waals surface area contributed by atoms with Gasteiger partial charge < -0.3 is 10.5 Å². The lowest BCUT2D eigenvalue weighted by Crippen LogP contribution is -2.20. The highest BCUT2D eigenvalue weighted by molar-refractivity contribution is 5.78. The number of hydrogen-bond acceptors (Lipinski definition) is 3. The van der Waals surface area contributed by atoms with Crippen molar-refractivity contribution < 1.29 is 4.74 Å². The number of ether oxygens (including phenoxy) is 1. The molecule has 0 aromatic carbocycles. The maximum absolute atomic E-state index is 5.73. The molecule has 1 atom stereocenters. The number of nitrogens with zero attached hydrogens (tertiary/aromatic N) is 1. The van der Waals surface area contributed by atoms with E-state index in [1.807, 2.05) is 6.21 Å². The predicted molar refractivity (Wildman–Crippen MR) is 70.5 cm³/mol. The third-order valence-corrected chi connectivity index (χ3v) is 2.09. The van der Waals surface area contributed by atoms with Gasteiger partial charge in [-0.1, -0.05) is 34.6 Å². The van der Waals surface area contributed by atoms with Crippen molar-refractivity contribution in [3.63, 3.8) is 0 Å². The molecule has 0 bridgehead atoms. The van der Waals surface area contributed by atoms with E-state index in [1.165, 1.54) is 0 Å². The molecule has 0 amide bonds. The summed E-state index contributed by atoms with van der Waals surface area (Å²) in [6, 6.07) is 0. The van der Waals surface area contributed by atoms with Crippen LogP contribution >= 0.6 is 0 Å². The fraction of sp³-hybridized carbons (Fsp3) is 0.769. The van der Waals surface area contributed by atoms with Gasteiger partial charge in [0, 0.05) is 6.21 Å². The normalized spacial score (nSPS) is 15.7. The molecule has 0 aliphatic rings. The summed E-state index contributed by atoms with van der Waals surface area (Å²) in [5, 5.41) is 0. The highest BCUT2D eigenvalue weighted by Gasteiger charge is 2.13. The van der Waals surface area contributed by atoms with Gasteiger partial charge >= 0.3 is 0 Å². The summed E-state index contributed by atoms with van der Waals surface area (Å²) in [5.41, 5.74) is 6.68. The maximum atomic E-state index is 5.73. The van der Waals surface area contributed by atoms with Crippen LogP contribution in [0.5, 0.6) is 0 Å². The zero-order chi connectivity index (χ0) is 12.6. The van der Waals surface area contributed by atoms with Crippen LogP contribution in [0.4, 0.5) is 0 Å². The molecule has 0 aliphatic carbocycles. The van der Waals surface area contributed by atoms with Crippen LogP contribution in [0.3, 0.4) is 0 Å². The highest BCUT2D eigenvalue weighted by Crippen LogP contribution is 2.15. The molecule has 3 nitrogen and oxygen atoms in total. The van der Waals surface area contributed by atoms with E-state index in [9.17, 15) is 0 Å². The Morgan fingerprint density at radius 3 is 2.38 bits per heavy atom. The minimum atomic E-state index is -0.0549. The average Bonchev–Trinajstić information content (AvgIpc) is 2.22. The van der Waals surface area contributed by atoms with Crippen molar-refractivity contribution in [1.29, 1.82) is 0 Å². The van der Waals surface area contributed by atoms with Crippen molar-refractivity contribution in [2.24, 2.45) is 16.1 Å². The van der Waals surface area contributed by atoms with Gasteiger partial charge in [-0.3, -0.25) is 4.99 Å². The standard InChI is InChI=1S/C13H26N2O/c1-6-11(8-14)9-15-12(7-2)16-10-13(3,4)5/h8-9,12H,6-7,10,14H2,1-5H3/b11-8-,15-9?. The Balaban J connectivity index is 4.20. The Morgan fingerprint density at radius 1 is 1.38 bits per heavy atom. The van der Waals surface area contributed by atoms with Crippen molar-refractivity contribution >= 4 is 6.21 Å². The molecule has 16 heavy (non-hydrogen) atoms. The van der Waals surface area contributed by atoms with E-state index in [4.69, 9.17) is 10.5 Å². The fourth-order valence-corrected chi connectivity index (χ4v) is 1.04. The molecular formula is C13H26N2O. The molecule has 0 spiro atoms. The van der Waals surface area contributed by atoms with E-state index in [2.05, 4.69) is 39.6 Å². The van der Waals surface area contributed by atoms with Crippen molar-refractivity contribution in [3.05, 3.63) is 11.8 Å². The average molecular weight is 226 g/mol. The number of nitrogens with two attached hydrogens (primary N) is 1. The Morgan fingerprint density at radius 2 is 2.00 bits per heavy atom. The topological polar surface area (TPSA) is 47.6 Å². The molecule has 0 rings (SSSR count). The van der Waals surface area contributed by atoms with Crippen LogP contribution in [0, 0.1) is 5.41 Å². The molecule has 0 fully saturated rings. The van der Waals surface area contributed by atoms with Crippen molar-refractivity contribution in [2.75, 3.05) is 6.61 Å². The predicted octanol–water partition coefficient (Wildman–Crippen LogP) is 3.11. The molecule has 0 radical (unpaired) electrons. The highest BCUT2D eigenvalue weighted by atomic mass is 16.5. The van der Waals surface area contributed by atoms with Crippen LogP contribution in [0.1, 0.15) is 47.5 Å². The summed E-state index contributed by atoms with van der Waals surface area (Å²) in [6.45, 7) is 11.3. The quantitative estimate of drug-likeness (QED) is 0.707. The van der Waals surface area contributed by atoms with Gasteiger partial charge in [-0.05, 0) is 30.0 Å². The van der Waals surface area contributed by atoms with Crippen molar-refractivity contribution in [1.82, 2.24) is 0 Å².